The maximum atomic E-state index is 6.19. The Kier molecular flexibility index (Phi) is 4.21. The Morgan fingerprint density at radius 1 is 1.37 bits per heavy atom. The molecular formula is C16H24ClNS. The van der Waals surface area contributed by atoms with Crippen molar-refractivity contribution in [3.8, 4) is 0 Å². The van der Waals surface area contributed by atoms with Crippen LogP contribution in [-0.2, 0) is 6.42 Å². The summed E-state index contributed by atoms with van der Waals surface area (Å²) in [6, 6.07) is 2.75. The molecule has 0 aromatic carbocycles. The molecule has 1 aromatic rings. The molecule has 2 aliphatic rings. The van der Waals surface area contributed by atoms with Gasteiger partial charge in [0.1, 0.15) is 0 Å². The first-order chi connectivity index (χ1) is 9.22. The van der Waals surface area contributed by atoms with Crippen molar-refractivity contribution in [2.24, 2.45) is 5.41 Å². The van der Waals surface area contributed by atoms with E-state index in [1.807, 2.05) is 0 Å². The minimum Gasteiger partial charge on any atom is -0.309 e. The molecule has 106 valence electrons. The predicted molar refractivity (Wildman–Crippen MR) is 84.2 cm³/mol. The molecule has 0 bridgehead atoms. The highest BCUT2D eigenvalue weighted by Gasteiger charge is 2.33. The van der Waals surface area contributed by atoms with Crippen LogP contribution in [0.1, 0.15) is 68.4 Å². The van der Waals surface area contributed by atoms with Crippen LogP contribution in [-0.4, -0.2) is 6.54 Å². The van der Waals surface area contributed by atoms with Crippen LogP contribution in [0.3, 0.4) is 0 Å². The molecule has 1 fully saturated rings. The SMILES string of the molecule is CCC1(CNC2CCCc3sc(Cl)cc32)CCCC1. The van der Waals surface area contributed by atoms with Gasteiger partial charge in [-0.3, -0.25) is 0 Å². The largest absolute Gasteiger partial charge is 0.309 e. The summed E-state index contributed by atoms with van der Waals surface area (Å²) in [7, 11) is 0. The number of thiophene rings is 1. The first kappa shape index (κ1) is 13.9. The minimum atomic E-state index is 0.552. The fraction of sp³-hybridized carbons (Fsp3) is 0.750. The van der Waals surface area contributed by atoms with Gasteiger partial charge in [-0.2, -0.15) is 0 Å². The van der Waals surface area contributed by atoms with E-state index in [1.165, 1.54) is 68.4 Å². The summed E-state index contributed by atoms with van der Waals surface area (Å²) in [6.45, 7) is 3.56. The second kappa shape index (κ2) is 5.75. The Labute approximate surface area is 125 Å². The Morgan fingerprint density at radius 3 is 2.89 bits per heavy atom. The van der Waals surface area contributed by atoms with Crippen molar-refractivity contribution in [2.75, 3.05) is 6.54 Å². The molecule has 0 amide bonds. The zero-order valence-electron chi connectivity index (χ0n) is 11.8. The third-order valence-electron chi connectivity index (χ3n) is 5.22. The molecule has 1 atom stereocenters. The molecule has 0 radical (unpaired) electrons. The normalized spacial score (nSPS) is 25.5. The second-order valence-corrected chi connectivity index (χ2v) is 8.08. The summed E-state index contributed by atoms with van der Waals surface area (Å²) in [6.07, 6.45) is 10.8. The summed E-state index contributed by atoms with van der Waals surface area (Å²) >= 11 is 7.97. The number of fused-ring (bicyclic) bond motifs is 1. The Hall–Kier alpha value is -0.0500. The Morgan fingerprint density at radius 2 is 2.16 bits per heavy atom. The summed E-state index contributed by atoms with van der Waals surface area (Å²) in [5, 5.41) is 3.87. The molecule has 0 aliphatic heterocycles. The van der Waals surface area contributed by atoms with Gasteiger partial charge in [-0.1, -0.05) is 31.4 Å². The van der Waals surface area contributed by atoms with Crippen molar-refractivity contribution < 1.29 is 0 Å². The molecule has 1 heterocycles. The highest BCUT2D eigenvalue weighted by molar-refractivity contribution is 7.16. The van der Waals surface area contributed by atoms with Gasteiger partial charge in [0.2, 0.25) is 0 Å². The average Bonchev–Trinajstić information content (AvgIpc) is 3.02. The van der Waals surface area contributed by atoms with Gasteiger partial charge < -0.3 is 5.32 Å². The number of nitrogens with one attached hydrogen (secondary N) is 1. The van der Waals surface area contributed by atoms with E-state index >= 15 is 0 Å². The van der Waals surface area contributed by atoms with E-state index in [4.69, 9.17) is 11.6 Å². The van der Waals surface area contributed by atoms with E-state index in [1.54, 1.807) is 11.3 Å². The van der Waals surface area contributed by atoms with Crippen LogP contribution in [0, 0.1) is 5.41 Å². The lowest BCUT2D eigenvalue weighted by atomic mass is 9.82. The molecule has 3 rings (SSSR count). The highest BCUT2D eigenvalue weighted by atomic mass is 35.5. The van der Waals surface area contributed by atoms with Gasteiger partial charge in [0.15, 0.2) is 0 Å². The van der Waals surface area contributed by atoms with E-state index in [0.29, 0.717) is 11.5 Å². The van der Waals surface area contributed by atoms with Gasteiger partial charge in [-0.05, 0) is 55.6 Å². The van der Waals surface area contributed by atoms with Crippen molar-refractivity contribution in [1.82, 2.24) is 5.32 Å². The number of rotatable bonds is 4. The van der Waals surface area contributed by atoms with Crippen molar-refractivity contribution in [2.45, 2.75) is 64.3 Å². The summed E-state index contributed by atoms with van der Waals surface area (Å²) < 4.78 is 0.963. The van der Waals surface area contributed by atoms with E-state index in [2.05, 4.69) is 18.3 Å². The van der Waals surface area contributed by atoms with Crippen LogP contribution in [0.2, 0.25) is 4.34 Å². The maximum absolute atomic E-state index is 6.19. The summed E-state index contributed by atoms with van der Waals surface area (Å²) in [5.74, 6) is 0. The molecule has 1 unspecified atom stereocenters. The number of halogens is 1. The minimum absolute atomic E-state index is 0.552. The van der Waals surface area contributed by atoms with Crippen molar-refractivity contribution in [3.63, 3.8) is 0 Å². The molecule has 1 nitrogen and oxygen atoms in total. The van der Waals surface area contributed by atoms with E-state index < -0.39 is 0 Å². The van der Waals surface area contributed by atoms with Gasteiger partial charge in [0.05, 0.1) is 4.34 Å². The predicted octanol–water partition coefficient (Wildman–Crippen LogP) is 5.34. The van der Waals surface area contributed by atoms with Crippen molar-refractivity contribution in [1.29, 1.82) is 0 Å². The third kappa shape index (κ3) is 2.86. The standard InChI is InChI=1S/C16H24ClNS/c1-2-16(8-3-4-9-16)11-18-13-6-5-7-14-12(13)10-15(17)19-14/h10,13,18H,2-9,11H2,1H3. The Balaban J connectivity index is 1.67. The monoisotopic (exact) mass is 297 g/mol. The Bertz CT molecular complexity index is 434. The van der Waals surface area contributed by atoms with Gasteiger partial charge in [-0.15, -0.1) is 11.3 Å². The van der Waals surface area contributed by atoms with E-state index in [0.717, 1.165) is 4.34 Å². The third-order valence-corrected chi connectivity index (χ3v) is 6.56. The molecule has 2 aliphatic carbocycles. The molecule has 3 heteroatoms. The first-order valence-corrected chi connectivity index (χ1v) is 8.93. The van der Waals surface area contributed by atoms with Crippen LogP contribution in [0.25, 0.3) is 0 Å². The average molecular weight is 298 g/mol. The molecule has 1 saturated carbocycles. The van der Waals surface area contributed by atoms with Crippen LogP contribution < -0.4 is 5.32 Å². The molecule has 0 spiro atoms. The van der Waals surface area contributed by atoms with E-state index in [9.17, 15) is 0 Å². The zero-order chi connectivity index (χ0) is 13.3. The van der Waals surface area contributed by atoms with Gasteiger partial charge in [-0.25, -0.2) is 0 Å². The van der Waals surface area contributed by atoms with Gasteiger partial charge >= 0.3 is 0 Å². The number of hydrogen-bond acceptors (Lipinski definition) is 2. The maximum Gasteiger partial charge on any atom is 0.0934 e. The van der Waals surface area contributed by atoms with Crippen LogP contribution in [0.5, 0.6) is 0 Å². The number of aryl methyl sites for hydroxylation is 1. The first-order valence-electron chi connectivity index (χ1n) is 7.74. The molecule has 1 N–H and O–H groups in total. The smallest absolute Gasteiger partial charge is 0.0934 e. The lowest BCUT2D eigenvalue weighted by Crippen LogP contribution is -2.35. The molecular weight excluding hydrogens is 274 g/mol. The fourth-order valence-electron chi connectivity index (χ4n) is 3.85. The van der Waals surface area contributed by atoms with Crippen molar-refractivity contribution >= 4 is 22.9 Å². The summed E-state index contributed by atoms with van der Waals surface area (Å²) in [4.78, 5) is 1.52. The fourth-order valence-corrected chi connectivity index (χ4v) is 5.24. The molecule has 1 aromatic heterocycles. The molecule has 19 heavy (non-hydrogen) atoms. The van der Waals surface area contributed by atoms with Gasteiger partial charge in [0.25, 0.3) is 0 Å². The summed E-state index contributed by atoms with van der Waals surface area (Å²) in [5.41, 5.74) is 2.07. The van der Waals surface area contributed by atoms with Crippen LogP contribution in [0.4, 0.5) is 0 Å². The zero-order valence-corrected chi connectivity index (χ0v) is 13.4. The number of hydrogen-bond donors (Lipinski definition) is 1. The lowest BCUT2D eigenvalue weighted by molar-refractivity contribution is 0.250. The van der Waals surface area contributed by atoms with E-state index in [-0.39, 0.29) is 0 Å². The highest BCUT2D eigenvalue weighted by Crippen LogP contribution is 2.42. The van der Waals surface area contributed by atoms with Crippen LogP contribution in [0.15, 0.2) is 6.07 Å². The lowest BCUT2D eigenvalue weighted by Gasteiger charge is -2.32. The van der Waals surface area contributed by atoms with Crippen molar-refractivity contribution in [3.05, 3.63) is 20.8 Å². The second-order valence-electron chi connectivity index (χ2n) is 6.32. The topological polar surface area (TPSA) is 12.0 Å². The van der Waals surface area contributed by atoms with Gasteiger partial charge in [0, 0.05) is 17.5 Å². The molecule has 0 saturated heterocycles. The quantitative estimate of drug-likeness (QED) is 0.791. The van der Waals surface area contributed by atoms with Crippen LogP contribution >= 0.6 is 22.9 Å².